The predicted molar refractivity (Wildman–Crippen MR) is 76.9 cm³/mol. The summed E-state index contributed by atoms with van der Waals surface area (Å²) in [6.07, 6.45) is -3.41. The van der Waals surface area contributed by atoms with Gasteiger partial charge in [0.05, 0.1) is 4.88 Å². The molecule has 1 aliphatic heterocycles. The zero-order valence-corrected chi connectivity index (χ0v) is 13.1. The number of amides is 2. The molecule has 0 bridgehead atoms. The maximum Gasteiger partial charge on any atom is 0.406 e. The van der Waals surface area contributed by atoms with Gasteiger partial charge in [0.1, 0.15) is 12.6 Å². The number of carbonyl (C=O) groups is 2. The Kier molecular flexibility index (Phi) is 4.79. The number of alkyl halides is 3. The second-order valence-corrected chi connectivity index (χ2v) is 6.40. The summed E-state index contributed by atoms with van der Waals surface area (Å²) in [7, 11) is 0. The number of hydrogen-bond acceptors (Lipinski definition) is 3. The Morgan fingerprint density at radius 1 is 1.50 bits per heavy atom. The largest absolute Gasteiger partial charge is 0.406 e. The van der Waals surface area contributed by atoms with Gasteiger partial charge in [-0.2, -0.15) is 13.2 Å². The van der Waals surface area contributed by atoms with Crippen LogP contribution < -0.4 is 5.32 Å². The first-order valence-electron chi connectivity index (χ1n) is 6.97. The van der Waals surface area contributed by atoms with Crippen molar-refractivity contribution < 1.29 is 22.8 Å². The highest BCUT2D eigenvalue weighted by Gasteiger charge is 2.39. The lowest BCUT2D eigenvalue weighted by Gasteiger charge is -2.18. The van der Waals surface area contributed by atoms with E-state index in [-0.39, 0.29) is 13.0 Å². The van der Waals surface area contributed by atoms with Crippen LogP contribution in [0.1, 0.15) is 33.5 Å². The zero-order valence-electron chi connectivity index (χ0n) is 12.3. The molecule has 0 spiro atoms. The van der Waals surface area contributed by atoms with Crippen molar-refractivity contribution in [2.24, 2.45) is 0 Å². The normalized spacial score (nSPS) is 18.9. The van der Waals surface area contributed by atoms with Crippen LogP contribution in [0.3, 0.4) is 0 Å². The number of carbonyl (C=O) groups excluding carboxylic acids is 2. The fraction of sp³-hybridized carbons (Fsp3) is 0.571. The zero-order chi connectivity index (χ0) is 16.5. The maximum absolute atomic E-state index is 12.3. The van der Waals surface area contributed by atoms with Crippen LogP contribution in [-0.2, 0) is 11.2 Å². The van der Waals surface area contributed by atoms with E-state index < -0.39 is 30.6 Å². The summed E-state index contributed by atoms with van der Waals surface area (Å²) in [4.78, 5) is 26.3. The molecular formula is C14H17F3N2O2S. The lowest BCUT2D eigenvalue weighted by atomic mass is 10.2. The van der Waals surface area contributed by atoms with E-state index in [0.29, 0.717) is 4.88 Å². The number of rotatable bonds is 4. The molecule has 2 rings (SSSR count). The van der Waals surface area contributed by atoms with Gasteiger partial charge in [-0.3, -0.25) is 9.59 Å². The topological polar surface area (TPSA) is 49.4 Å². The van der Waals surface area contributed by atoms with Crippen molar-refractivity contribution in [3.8, 4) is 0 Å². The van der Waals surface area contributed by atoms with Crippen molar-refractivity contribution in [2.75, 3.05) is 13.1 Å². The molecule has 1 atom stereocenters. The molecule has 1 saturated heterocycles. The van der Waals surface area contributed by atoms with Gasteiger partial charge in [-0.15, -0.1) is 11.3 Å². The molecule has 1 fully saturated rings. The molecule has 8 heteroatoms. The van der Waals surface area contributed by atoms with E-state index >= 15 is 0 Å². The van der Waals surface area contributed by atoms with Crippen LogP contribution in [-0.4, -0.2) is 42.0 Å². The third-order valence-electron chi connectivity index (χ3n) is 3.54. The van der Waals surface area contributed by atoms with Gasteiger partial charge in [0.25, 0.3) is 5.91 Å². The molecule has 122 valence electrons. The number of nitrogens with zero attached hydrogens (tertiary/aromatic N) is 1. The average molecular weight is 334 g/mol. The summed E-state index contributed by atoms with van der Waals surface area (Å²) >= 11 is 1.35. The van der Waals surface area contributed by atoms with Crippen molar-refractivity contribution in [1.82, 2.24) is 10.2 Å². The molecule has 0 aromatic carbocycles. The molecule has 0 aliphatic carbocycles. The van der Waals surface area contributed by atoms with Crippen LogP contribution in [0, 0.1) is 6.92 Å². The first-order chi connectivity index (χ1) is 10.2. The van der Waals surface area contributed by atoms with Crippen molar-refractivity contribution in [3.05, 3.63) is 21.4 Å². The molecule has 1 aliphatic rings. The number of likely N-dealkylation sites (tertiary alicyclic amines) is 1. The third kappa shape index (κ3) is 3.79. The quantitative estimate of drug-likeness (QED) is 0.920. The van der Waals surface area contributed by atoms with Gasteiger partial charge in [0.15, 0.2) is 0 Å². The summed E-state index contributed by atoms with van der Waals surface area (Å²) in [5, 5.41) is 2.54. The second kappa shape index (κ2) is 6.28. The fourth-order valence-corrected chi connectivity index (χ4v) is 3.48. The van der Waals surface area contributed by atoms with E-state index in [1.54, 1.807) is 6.07 Å². The van der Waals surface area contributed by atoms with E-state index in [9.17, 15) is 22.8 Å². The Bertz CT molecular complexity index is 583. The van der Waals surface area contributed by atoms with E-state index in [0.717, 1.165) is 21.8 Å². The van der Waals surface area contributed by atoms with Crippen LogP contribution in [0.25, 0.3) is 0 Å². The molecule has 2 amide bonds. The van der Waals surface area contributed by atoms with Gasteiger partial charge in [0.2, 0.25) is 5.91 Å². The monoisotopic (exact) mass is 334 g/mol. The Hall–Kier alpha value is -1.57. The molecule has 4 nitrogen and oxygen atoms in total. The molecule has 1 aromatic rings. The van der Waals surface area contributed by atoms with Crippen LogP contribution in [0.4, 0.5) is 13.2 Å². The van der Waals surface area contributed by atoms with Crippen LogP contribution in [0.5, 0.6) is 0 Å². The van der Waals surface area contributed by atoms with Gasteiger partial charge in [-0.05, 0) is 31.4 Å². The Morgan fingerprint density at radius 3 is 2.73 bits per heavy atom. The Labute approximate surface area is 130 Å². The molecule has 2 heterocycles. The van der Waals surface area contributed by atoms with E-state index in [2.05, 4.69) is 5.32 Å². The van der Waals surface area contributed by atoms with E-state index in [4.69, 9.17) is 0 Å². The van der Waals surface area contributed by atoms with Gasteiger partial charge < -0.3 is 10.2 Å². The van der Waals surface area contributed by atoms with Gasteiger partial charge in [-0.25, -0.2) is 0 Å². The van der Waals surface area contributed by atoms with E-state index in [1.165, 1.54) is 11.3 Å². The van der Waals surface area contributed by atoms with Gasteiger partial charge >= 0.3 is 6.18 Å². The van der Waals surface area contributed by atoms with Crippen LogP contribution in [0.15, 0.2) is 6.07 Å². The molecule has 0 saturated carbocycles. The maximum atomic E-state index is 12.3. The fourth-order valence-electron chi connectivity index (χ4n) is 2.46. The third-order valence-corrected chi connectivity index (χ3v) is 4.92. The first-order valence-corrected chi connectivity index (χ1v) is 7.78. The highest BCUT2D eigenvalue weighted by molar-refractivity contribution is 7.14. The van der Waals surface area contributed by atoms with Crippen molar-refractivity contribution >= 4 is 23.2 Å². The lowest BCUT2D eigenvalue weighted by Crippen LogP contribution is -2.43. The molecule has 0 radical (unpaired) electrons. The smallest absolute Gasteiger partial charge is 0.339 e. The number of hydrogen-bond donors (Lipinski definition) is 1. The average Bonchev–Trinajstić information content (AvgIpc) is 2.94. The minimum Gasteiger partial charge on any atom is -0.339 e. The van der Waals surface area contributed by atoms with Crippen LogP contribution >= 0.6 is 11.3 Å². The molecule has 22 heavy (non-hydrogen) atoms. The van der Waals surface area contributed by atoms with Gasteiger partial charge in [0, 0.05) is 11.4 Å². The molecular weight excluding hydrogens is 317 g/mol. The van der Waals surface area contributed by atoms with Crippen molar-refractivity contribution in [2.45, 2.75) is 38.9 Å². The number of aryl methyl sites for hydroxylation is 2. The summed E-state index contributed by atoms with van der Waals surface area (Å²) in [6.45, 7) is 2.62. The Balaban J connectivity index is 1.99. The first kappa shape index (κ1) is 16.8. The second-order valence-electron chi connectivity index (χ2n) is 5.26. The molecule has 1 unspecified atom stereocenters. The number of nitrogens with one attached hydrogen (secondary N) is 1. The summed E-state index contributed by atoms with van der Waals surface area (Å²) in [5.41, 5.74) is 1.01. The standard InChI is InChI=1S/C14H17F3N2O2S/c1-3-10-8(2)6-11(22-10)12(20)18-9-4-5-19(13(9)21)7-14(15,16)17/h6,9H,3-5,7H2,1-2H3,(H,18,20). The minimum atomic E-state index is -4.42. The minimum absolute atomic E-state index is 0.00691. The highest BCUT2D eigenvalue weighted by atomic mass is 32.1. The van der Waals surface area contributed by atoms with Crippen molar-refractivity contribution in [1.29, 1.82) is 0 Å². The van der Waals surface area contributed by atoms with Crippen molar-refractivity contribution in [3.63, 3.8) is 0 Å². The molecule has 1 aromatic heterocycles. The highest BCUT2D eigenvalue weighted by Crippen LogP contribution is 2.24. The number of thiophene rings is 1. The summed E-state index contributed by atoms with van der Waals surface area (Å²) in [5.74, 6) is -1.07. The summed E-state index contributed by atoms with van der Waals surface area (Å²) < 4.78 is 37.0. The predicted octanol–water partition coefficient (Wildman–Crippen LogP) is 2.51. The van der Waals surface area contributed by atoms with Gasteiger partial charge in [-0.1, -0.05) is 6.92 Å². The lowest BCUT2D eigenvalue weighted by molar-refractivity contribution is -0.157. The van der Waals surface area contributed by atoms with Crippen LogP contribution in [0.2, 0.25) is 0 Å². The SMILES string of the molecule is CCc1sc(C(=O)NC2CCN(CC(F)(F)F)C2=O)cc1C. The molecule has 1 N–H and O–H groups in total. The van der Waals surface area contributed by atoms with E-state index in [1.807, 2.05) is 13.8 Å². The Morgan fingerprint density at radius 2 is 2.18 bits per heavy atom. The summed E-state index contributed by atoms with van der Waals surface area (Å²) in [6, 6.07) is 0.869. The number of halogens is 3.